The van der Waals surface area contributed by atoms with Gasteiger partial charge in [0.1, 0.15) is 11.5 Å². The molecular weight excluding hydrogens is 182 g/mol. The fraction of sp³-hybridized carbons (Fsp3) is 0.100. The number of rotatable bonds is 3. The smallest absolute Gasteiger partial charge is 0.241 e. The average molecular weight is 193 g/mol. The van der Waals surface area contributed by atoms with Crippen LogP contribution in [-0.4, -0.2) is 18.1 Å². The van der Waals surface area contributed by atoms with Crippen LogP contribution in [0.25, 0.3) is 6.08 Å². The molecule has 0 aliphatic rings. The third kappa shape index (κ3) is 2.52. The molecule has 0 spiro atoms. The first-order valence-electron chi connectivity index (χ1n) is 3.98. The van der Waals surface area contributed by atoms with Gasteiger partial charge < -0.3 is 15.6 Å². The number of phenolic OH excluding ortho intramolecular Hbond substituents is 1. The van der Waals surface area contributed by atoms with Crippen LogP contribution in [0.1, 0.15) is 5.56 Å². The minimum Gasteiger partial charge on any atom is -0.508 e. The molecule has 0 saturated carbocycles. The predicted molar refractivity (Wildman–Crippen MR) is 52.9 cm³/mol. The van der Waals surface area contributed by atoms with Gasteiger partial charge in [-0.25, -0.2) is 0 Å². The number of carbonyl (C=O) groups excluding carboxylic acids is 1. The molecule has 4 nitrogen and oxygen atoms in total. The first kappa shape index (κ1) is 10.1. The van der Waals surface area contributed by atoms with Crippen LogP contribution in [0, 0.1) is 0 Å². The quantitative estimate of drug-likeness (QED) is 0.700. The van der Waals surface area contributed by atoms with Crippen LogP contribution >= 0.6 is 0 Å². The van der Waals surface area contributed by atoms with Crippen molar-refractivity contribution in [3.05, 3.63) is 29.8 Å². The maximum atomic E-state index is 10.5. The lowest BCUT2D eigenvalue weighted by atomic mass is 10.2. The fourth-order valence-electron chi connectivity index (χ4n) is 1.01. The Hall–Kier alpha value is -1.97. The molecule has 74 valence electrons. The normalized spacial score (nSPS) is 10.4. The fourth-order valence-corrected chi connectivity index (χ4v) is 1.01. The average Bonchev–Trinajstić information content (AvgIpc) is 2.15. The van der Waals surface area contributed by atoms with Crippen LogP contribution in [-0.2, 0) is 4.79 Å². The molecule has 0 unspecified atom stereocenters. The zero-order valence-corrected chi connectivity index (χ0v) is 7.73. The third-order valence-corrected chi connectivity index (χ3v) is 1.64. The number of ether oxygens (including phenoxy) is 1. The van der Waals surface area contributed by atoms with Crippen molar-refractivity contribution < 1.29 is 14.6 Å². The lowest BCUT2D eigenvalue weighted by molar-refractivity contribution is -0.113. The van der Waals surface area contributed by atoms with Gasteiger partial charge >= 0.3 is 0 Å². The highest BCUT2D eigenvalue weighted by Gasteiger charge is 2.00. The number of nitrogens with two attached hydrogens (primary N) is 1. The molecule has 4 heteroatoms. The Morgan fingerprint density at radius 2 is 2.29 bits per heavy atom. The summed E-state index contributed by atoms with van der Waals surface area (Å²) in [4.78, 5) is 10.5. The molecule has 0 bridgehead atoms. The van der Waals surface area contributed by atoms with Crippen molar-refractivity contribution >= 4 is 12.0 Å². The highest BCUT2D eigenvalue weighted by Crippen LogP contribution is 2.24. The summed E-state index contributed by atoms with van der Waals surface area (Å²) in [5.41, 5.74) is 5.63. The maximum absolute atomic E-state index is 10.5. The van der Waals surface area contributed by atoms with Gasteiger partial charge in [0.05, 0.1) is 7.11 Å². The molecule has 3 N–H and O–H groups in total. The van der Waals surface area contributed by atoms with E-state index in [-0.39, 0.29) is 5.75 Å². The third-order valence-electron chi connectivity index (χ3n) is 1.64. The summed E-state index contributed by atoms with van der Waals surface area (Å²) in [7, 11) is 1.48. The van der Waals surface area contributed by atoms with E-state index in [2.05, 4.69) is 0 Å². The van der Waals surface area contributed by atoms with Crippen molar-refractivity contribution in [2.24, 2.45) is 5.73 Å². The topological polar surface area (TPSA) is 72.6 Å². The Morgan fingerprint density at radius 3 is 2.86 bits per heavy atom. The summed E-state index contributed by atoms with van der Waals surface area (Å²) in [6, 6.07) is 4.59. The predicted octanol–water partition coefficient (Wildman–Crippen LogP) is 0.899. The molecule has 0 fully saturated rings. The number of carbonyl (C=O) groups is 1. The number of hydrogen-bond acceptors (Lipinski definition) is 3. The number of primary amides is 1. The first-order valence-corrected chi connectivity index (χ1v) is 3.98. The van der Waals surface area contributed by atoms with E-state index in [1.54, 1.807) is 6.07 Å². The number of hydrogen-bond donors (Lipinski definition) is 2. The van der Waals surface area contributed by atoms with Crippen LogP contribution in [0.5, 0.6) is 11.5 Å². The first-order chi connectivity index (χ1) is 6.63. The highest BCUT2D eigenvalue weighted by molar-refractivity contribution is 5.90. The van der Waals surface area contributed by atoms with Crippen LogP contribution < -0.4 is 10.5 Å². The van der Waals surface area contributed by atoms with Gasteiger partial charge in [0.25, 0.3) is 0 Å². The van der Waals surface area contributed by atoms with Crippen LogP contribution in [0.2, 0.25) is 0 Å². The van der Waals surface area contributed by atoms with Crippen LogP contribution in [0.4, 0.5) is 0 Å². The van der Waals surface area contributed by atoms with Gasteiger partial charge in [-0.1, -0.05) is 0 Å². The molecule has 1 aromatic rings. The molecule has 1 rings (SSSR count). The Labute approximate surface area is 81.6 Å². The van der Waals surface area contributed by atoms with Crippen molar-refractivity contribution in [3.63, 3.8) is 0 Å². The summed E-state index contributed by atoms with van der Waals surface area (Å²) < 4.78 is 5.00. The molecule has 0 radical (unpaired) electrons. The Kier molecular flexibility index (Phi) is 3.12. The Balaban J connectivity index is 3.02. The summed E-state index contributed by atoms with van der Waals surface area (Å²) in [5, 5.41) is 9.15. The zero-order valence-electron chi connectivity index (χ0n) is 7.73. The number of amides is 1. The van der Waals surface area contributed by atoms with Crippen molar-refractivity contribution in [1.82, 2.24) is 0 Å². The minimum absolute atomic E-state index is 0.109. The summed E-state index contributed by atoms with van der Waals surface area (Å²) >= 11 is 0. The zero-order chi connectivity index (χ0) is 10.6. The molecule has 1 amide bonds. The Bertz CT molecular complexity index is 372. The molecule has 0 atom stereocenters. The van der Waals surface area contributed by atoms with Gasteiger partial charge in [0.2, 0.25) is 5.91 Å². The van der Waals surface area contributed by atoms with E-state index in [0.29, 0.717) is 11.3 Å². The van der Waals surface area contributed by atoms with Crippen molar-refractivity contribution in [2.45, 2.75) is 0 Å². The Morgan fingerprint density at radius 1 is 1.57 bits per heavy atom. The number of phenols is 1. The maximum Gasteiger partial charge on any atom is 0.241 e. The molecule has 0 aromatic heterocycles. The lowest BCUT2D eigenvalue weighted by Gasteiger charge is -2.04. The van der Waals surface area contributed by atoms with Gasteiger partial charge in [-0.15, -0.1) is 0 Å². The standard InChI is InChI=1S/C10H11NO3/c1-14-9-6-8(12)4-2-7(9)3-5-10(11)13/h2-6,12H,1H3,(H2,11,13). The van der Waals surface area contributed by atoms with Crippen LogP contribution in [0.15, 0.2) is 24.3 Å². The van der Waals surface area contributed by atoms with E-state index in [9.17, 15) is 4.79 Å². The molecule has 0 aliphatic carbocycles. The molecule has 0 heterocycles. The second kappa shape index (κ2) is 4.32. The van der Waals surface area contributed by atoms with Gasteiger partial charge in [-0.05, 0) is 18.2 Å². The number of aromatic hydroxyl groups is 1. The van der Waals surface area contributed by atoms with E-state index in [0.717, 1.165) is 0 Å². The summed E-state index contributed by atoms with van der Waals surface area (Å²) in [6.07, 6.45) is 2.76. The van der Waals surface area contributed by atoms with E-state index in [1.807, 2.05) is 0 Å². The molecular formula is C10H11NO3. The van der Waals surface area contributed by atoms with E-state index in [4.69, 9.17) is 15.6 Å². The van der Waals surface area contributed by atoms with Crippen molar-refractivity contribution in [3.8, 4) is 11.5 Å². The van der Waals surface area contributed by atoms with Crippen LogP contribution in [0.3, 0.4) is 0 Å². The number of benzene rings is 1. The van der Waals surface area contributed by atoms with Gasteiger partial charge in [-0.2, -0.15) is 0 Å². The molecule has 0 saturated heterocycles. The minimum atomic E-state index is -0.528. The lowest BCUT2D eigenvalue weighted by Crippen LogP contribution is -2.05. The summed E-state index contributed by atoms with van der Waals surface area (Å²) in [6.45, 7) is 0. The number of methoxy groups -OCH3 is 1. The molecule has 1 aromatic carbocycles. The van der Waals surface area contributed by atoms with Crippen molar-refractivity contribution in [1.29, 1.82) is 0 Å². The van der Waals surface area contributed by atoms with Crippen molar-refractivity contribution in [2.75, 3.05) is 7.11 Å². The molecule has 14 heavy (non-hydrogen) atoms. The van der Waals surface area contributed by atoms with Gasteiger partial charge in [-0.3, -0.25) is 4.79 Å². The second-order valence-electron chi connectivity index (χ2n) is 2.66. The molecule has 0 aliphatic heterocycles. The van der Waals surface area contributed by atoms with E-state index < -0.39 is 5.91 Å². The second-order valence-corrected chi connectivity index (χ2v) is 2.66. The summed E-state index contributed by atoms with van der Waals surface area (Å²) in [5.74, 6) is 0.0701. The van der Waals surface area contributed by atoms with E-state index >= 15 is 0 Å². The van der Waals surface area contributed by atoms with E-state index in [1.165, 1.54) is 31.4 Å². The largest absolute Gasteiger partial charge is 0.508 e. The van der Waals surface area contributed by atoms with Gasteiger partial charge in [0.15, 0.2) is 0 Å². The monoisotopic (exact) mass is 193 g/mol. The highest BCUT2D eigenvalue weighted by atomic mass is 16.5. The van der Waals surface area contributed by atoms with Gasteiger partial charge in [0, 0.05) is 17.7 Å². The SMILES string of the molecule is COc1cc(O)ccc1C=CC(N)=O.